The summed E-state index contributed by atoms with van der Waals surface area (Å²) in [5, 5.41) is 0. The minimum atomic E-state index is -0.0208. The van der Waals surface area contributed by atoms with Gasteiger partial charge in [-0.3, -0.25) is 4.90 Å². The molecule has 1 aromatic rings. The third-order valence-electron chi connectivity index (χ3n) is 4.96. The first-order valence-electron chi connectivity index (χ1n) is 9.09. The lowest BCUT2D eigenvalue weighted by Crippen LogP contribution is -2.45. The van der Waals surface area contributed by atoms with Gasteiger partial charge in [-0.2, -0.15) is 0 Å². The van der Waals surface area contributed by atoms with Crippen molar-refractivity contribution >= 4 is 5.95 Å². The Morgan fingerprint density at radius 3 is 2.54 bits per heavy atom. The van der Waals surface area contributed by atoms with Crippen molar-refractivity contribution in [1.29, 1.82) is 0 Å². The van der Waals surface area contributed by atoms with E-state index in [0.29, 0.717) is 6.04 Å². The van der Waals surface area contributed by atoms with Gasteiger partial charge in [-0.1, -0.05) is 6.92 Å². The molecular weight excluding hydrogens is 304 g/mol. The lowest BCUT2D eigenvalue weighted by Gasteiger charge is -2.41. The van der Waals surface area contributed by atoms with Crippen molar-refractivity contribution in [2.24, 2.45) is 0 Å². The van der Waals surface area contributed by atoms with Crippen molar-refractivity contribution < 1.29 is 9.47 Å². The molecule has 0 amide bonds. The van der Waals surface area contributed by atoms with Gasteiger partial charge in [0.05, 0.1) is 18.8 Å². The number of hydrogen-bond donors (Lipinski definition) is 0. The van der Waals surface area contributed by atoms with E-state index in [1.165, 1.54) is 5.56 Å². The fourth-order valence-corrected chi connectivity index (χ4v) is 3.60. The standard InChI is InChI=1S/C18H30N4O2/c1-4-21(16-5-8-24-18(2,3)11-16)14-15-12-19-17(20-13-15)22-6-9-23-10-7-22/h12-13,16H,4-11,14H2,1-3H3. The Kier molecular flexibility index (Phi) is 5.69. The van der Waals surface area contributed by atoms with Crippen molar-refractivity contribution in [2.75, 3.05) is 44.4 Å². The molecule has 0 radical (unpaired) electrons. The Bertz CT molecular complexity index is 514. The van der Waals surface area contributed by atoms with E-state index in [-0.39, 0.29) is 5.60 Å². The van der Waals surface area contributed by atoms with E-state index in [2.05, 4.69) is 40.5 Å². The van der Waals surface area contributed by atoms with Gasteiger partial charge in [0.25, 0.3) is 0 Å². The molecule has 2 aliphatic heterocycles. The lowest BCUT2D eigenvalue weighted by molar-refractivity contribution is -0.0838. The number of nitrogens with zero attached hydrogens (tertiary/aromatic N) is 4. The molecule has 0 saturated carbocycles. The highest BCUT2D eigenvalue weighted by Gasteiger charge is 2.31. The fraction of sp³-hybridized carbons (Fsp3) is 0.778. The number of ether oxygens (including phenoxy) is 2. The van der Waals surface area contributed by atoms with Crippen LogP contribution in [0.2, 0.25) is 0 Å². The smallest absolute Gasteiger partial charge is 0.225 e. The molecule has 1 unspecified atom stereocenters. The number of anilines is 1. The molecular formula is C18H30N4O2. The summed E-state index contributed by atoms with van der Waals surface area (Å²) in [6.45, 7) is 12.6. The first-order chi connectivity index (χ1) is 11.6. The molecule has 0 aliphatic carbocycles. The van der Waals surface area contributed by atoms with Crippen LogP contribution in [0, 0.1) is 0 Å². The van der Waals surface area contributed by atoms with Gasteiger partial charge in [0, 0.05) is 50.2 Å². The number of hydrogen-bond acceptors (Lipinski definition) is 6. The quantitative estimate of drug-likeness (QED) is 0.822. The molecule has 6 nitrogen and oxygen atoms in total. The minimum Gasteiger partial charge on any atom is -0.378 e. The molecule has 6 heteroatoms. The molecule has 0 aromatic carbocycles. The summed E-state index contributed by atoms with van der Waals surface area (Å²) in [5.74, 6) is 0.817. The predicted octanol–water partition coefficient (Wildman–Crippen LogP) is 2.09. The van der Waals surface area contributed by atoms with Crippen molar-refractivity contribution in [3.05, 3.63) is 18.0 Å². The maximum absolute atomic E-state index is 5.86. The Hall–Kier alpha value is -1.24. The van der Waals surface area contributed by atoms with Gasteiger partial charge in [-0.05, 0) is 33.2 Å². The molecule has 1 aromatic heterocycles. The van der Waals surface area contributed by atoms with Crippen LogP contribution in [0.15, 0.2) is 12.4 Å². The molecule has 3 heterocycles. The second-order valence-corrected chi connectivity index (χ2v) is 7.31. The van der Waals surface area contributed by atoms with Gasteiger partial charge >= 0.3 is 0 Å². The Balaban J connectivity index is 1.61. The fourth-order valence-electron chi connectivity index (χ4n) is 3.60. The number of rotatable bonds is 5. The van der Waals surface area contributed by atoms with Crippen molar-refractivity contribution in [3.63, 3.8) is 0 Å². The summed E-state index contributed by atoms with van der Waals surface area (Å²) in [6, 6.07) is 0.567. The monoisotopic (exact) mass is 334 g/mol. The molecule has 0 bridgehead atoms. The third kappa shape index (κ3) is 4.43. The van der Waals surface area contributed by atoms with Gasteiger partial charge in [-0.15, -0.1) is 0 Å². The average Bonchev–Trinajstić information content (AvgIpc) is 2.60. The van der Waals surface area contributed by atoms with Gasteiger partial charge in [0.2, 0.25) is 5.95 Å². The Labute approximate surface area is 145 Å². The van der Waals surface area contributed by atoms with Crippen LogP contribution >= 0.6 is 0 Å². The van der Waals surface area contributed by atoms with E-state index in [9.17, 15) is 0 Å². The first-order valence-corrected chi connectivity index (χ1v) is 9.09. The molecule has 0 spiro atoms. The van der Waals surface area contributed by atoms with Crippen LogP contribution in [0.25, 0.3) is 0 Å². The summed E-state index contributed by atoms with van der Waals surface area (Å²) < 4.78 is 11.2. The normalized spacial score (nSPS) is 24.3. The molecule has 2 saturated heterocycles. The van der Waals surface area contributed by atoms with Crippen LogP contribution in [0.4, 0.5) is 5.95 Å². The van der Waals surface area contributed by atoms with E-state index < -0.39 is 0 Å². The summed E-state index contributed by atoms with van der Waals surface area (Å²) in [7, 11) is 0. The topological polar surface area (TPSA) is 50.7 Å². The zero-order valence-electron chi connectivity index (χ0n) is 15.2. The van der Waals surface area contributed by atoms with Gasteiger partial charge in [0.1, 0.15) is 0 Å². The zero-order valence-corrected chi connectivity index (χ0v) is 15.2. The summed E-state index contributed by atoms with van der Waals surface area (Å²) in [6.07, 6.45) is 6.13. The van der Waals surface area contributed by atoms with Gasteiger partial charge in [-0.25, -0.2) is 9.97 Å². The highest BCUT2D eigenvalue weighted by Crippen LogP contribution is 2.28. The largest absolute Gasteiger partial charge is 0.378 e. The maximum Gasteiger partial charge on any atom is 0.225 e. The average molecular weight is 334 g/mol. The second-order valence-electron chi connectivity index (χ2n) is 7.31. The lowest BCUT2D eigenvalue weighted by atomic mass is 9.92. The summed E-state index contributed by atoms with van der Waals surface area (Å²) in [4.78, 5) is 13.9. The zero-order chi connectivity index (χ0) is 17.0. The van der Waals surface area contributed by atoms with Crippen molar-refractivity contribution in [3.8, 4) is 0 Å². The van der Waals surface area contributed by atoms with E-state index in [1.807, 2.05) is 12.4 Å². The predicted molar refractivity (Wildman–Crippen MR) is 94.2 cm³/mol. The van der Waals surface area contributed by atoms with Gasteiger partial charge < -0.3 is 14.4 Å². The third-order valence-corrected chi connectivity index (χ3v) is 4.96. The first kappa shape index (κ1) is 17.6. The highest BCUT2D eigenvalue weighted by molar-refractivity contribution is 5.30. The van der Waals surface area contributed by atoms with E-state index in [4.69, 9.17) is 9.47 Å². The highest BCUT2D eigenvalue weighted by atomic mass is 16.5. The summed E-state index contributed by atoms with van der Waals surface area (Å²) in [5.41, 5.74) is 1.16. The van der Waals surface area contributed by atoms with Crippen LogP contribution in [-0.2, 0) is 16.0 Å². The van der Waals surface area contributed by atoms with Crippen molar-refractivity contribution in [1.82, 2.24) is 14.9 Å². The minimum absolute atomic E-state index is 0.0208. The van der Waals surface area contributed by atoms with Crippen molar-refractivity contribution in [2.45, 2.75) is 51.8 Å². The van der Waals surface area contributed by atoms with Gasteiger partial charge in [0.15, 0.2) is 0 Å². The SMILES string of the molecule is CCN(Cc1cnc(N2CCOCC2)nc1)C1CCOC(C)(C)C1. The maximum atomic E-state index is 5.86. The molecule has 3 rings (SSSR count). The molecule has 2 fully saturated rings. The Morgan fingerprint density at radius 2 is 1.92 bits per heavy atom. The second kappa shape index (κ2) is 7.76. The molecule has 2 aliphatic rings. The molecule has 0 N–H and O–H groups in total. The summed E-state index contributed by atoms with van der Waals surface area (Å²) >= 11 is 0. The van der Waals surface area contributed by atoms with Crippen LogP contribution in [0.3, 0.4) is 0 Å². The number of aromatic nitrogens is 2. The van der Waals surface area contributed by atoms with Crippen LogP contribution < -0.4 is 4.90 Å². The molecule has 1 atom stereocenters. The van der Waals surface area contributed by atoms with E-state index >= 15 is 0 Å². The Morgan fingerprint density at radius 1 is 1.21 bits per heavy atom. The van der Waals surface area contributed by atoms with E-state index in [1.54, 1.807) is 0 Å². The van der Waals surface area contributed by atoms with Crippen LogP contribution in [0.1, 0.15) is 39.2 Å². The van der Waals surface area contributed by atoms with Crippen LogP contribution in [0.5, 0.6) is 0 Å². The van der Waals surface area contributed by atoms with E-state index in [0.717, 1.165) is 64.8 Å². The molecule has 24 heavy (non-hydrogen) atoms. The number of morpholine rings is 1. The van der Waals surface area contributed by atoms with Crippen LogP contribution in [-0.4, -0.2) is 66.0 Å². The molecule has 134 valence electrons.